The number of piperidine rings is 1. The zero-order chi connectivity index (χ0) is 7.40. The van der Waals surface area contributed by atoms with Crippen molar-refractivity contribution in [2.24, 2.45) is 5.92 Å². The second-order valence-corrected chi connectivity index (χ2v) is 3.29. The van der Waals surface area contributed by atoms with Crippen molar-refractivity contribution in [3.05, 3.63) is 0 Å². The van der Waals surface area contributed by atoms with Crippen molar-refractivity contribution < 1.29 is 0 Å². The van der Waals surface area contributed by atoms with Crippen molar-refractivity contribution in [1.82, 2.24) is 4.90 Å². The predicted octanol–water partition coefficient (Wildman–Crippen LogP) is 2.13. The Morgan fingerprint density at radius 2 is 1.80 bits per heavy atom. The van der Waals surface area contributed by atoms with Crippen molar-refractivity contribution in [3.8, 4) is 0 Å². The van der Waals surface area contributed by atoms with E-state index in [-0.39, 0.29) is 0 Å². The predicted molar refractivity (Wildman–Crippen MR) is 45.1 cm³/mol. The van der Waals surface area contributed by atoms with Gasteiger partial charge in [0.25, 0.3) is 0 Å². The van der Waals surface area contributed by atoms with E-state index in [9.17, 15) is 0 Å². The molecule has 1 aliphatic rings. The molecule has 0 bridgehead atoms. The van der Waals surface area contributed by atoms with Crippen LogP contribution in [0.4, 0.5) is 0 Å². The number of rotatable bonds is 2. The highest BCUT2D eigenvalue weighted by molar-refractivity contribution is 4.69. The van der Waals surface area contributed by atoms with E-state index >= 15 is 0 Å². The molecule has 0 aromatic carbocycles. The molecule has 1 rings (SSSR count). The number of nitrogens with zero attached hydrogens (tertiary/aromatic N) is 1. The molecule has 1 heterocycles. The highest BCUT2D eigenvalue weighted by atomic mass is 15.1. The molecule has 0 radical (unpaired) electrons. The fraction of sp³-hybridized carbons (Fsp3) is 1.00. The first-order chi connectivity index (χ1) is 4.86. The third-order valence-electron chi connectivity index (χ3n) is 2.73. The van der Waals surface area contributed by atoms with E-state index < -0.39 is 0 Å². The molecule has 0 unspecified atom stereocenters. The summed E-state index contributed by atoms with van der Waals surface area (Å²) < 4.78 is 0. The molecule has 0 aromatic rings. The Balaban J connectivity index is 2.17. The first-order valence-electron chi connectivity index (χ1n) is 4.59. The van der Waals surface area contributed by atoms with E-state index in [1.807, 2.05) is 0 Å². The summed E-state index contributed by atoms with van der Waals surface area (Å²) in [7, 11) is 0. The summed E-state index contributed by atoms with van der Waals surface area (Å²) in [6, 6.07) is 0. The van der Waals surface area contributed by atoms with Crippen LogP contribution >= 0.6 is 0 Å². The Hall–Kier alpha value is -0.0400. The van der Waals surface area contributed by atoms with Crippen molar-refractivity contribution >= 4 is 0 Å². The fourth-order valence-electron chi connectivity index (χ4n) is 1.71. The Kier molecular flexibility index (Phi) is 3.20. The van der Waals surface area contributed by atoms with Gasteiger partial charge in [-0.3, -0.25) is 0 Å². The van der Waals surface area contributed by atoms with Gasteiger partial charge in [-0.15, -0.1) is 0 Å². The van der Waals surface area contributed by atoms with Crippen LogP contribution < -0.4 is 0 Å². The van der Waals surface area contributed by atoms with Crippen molar-refractivity contribution in [3.63, 3.8) is 0 Å². The lowest BCUT2D eigenvalue weighted by atomic mass is 9.95. The number of hydrogen-bond acceptors (Lipinski definition) is 1. The molecular weight excluding hydrogens is 122 g/mol. The monoisotopic (exact) mass is 141 g/mol. The van der Waals surface area contributed by atoms with Gasteiger partial charge in [0.05, 0.1) is 0 Å². The third kappa shape index (κ3) is 1.98. The molecule has 0 aromatic heterocycles. The average Bonchev–Trinajstić information content (AvgIpc) is 2.05. The normalized spacial score (nSPS) is 23.4. The molecule has 1 fully saturated rings. The Morgan fingerprint density at radius 1 is 1.20 bits per heavy atom. The molecule has 1 heteroatoms. The molecule has 10 heavy (non-hydrogen) atoms. The SMILES string of the molecule is CCC1CCN(CC)CC1. The minimum atomic E-state index is 1.03. The van der Waals surface area contributed by atoms with Crippen LogP contribution in [0.2, 0.25) is 0 Å². The molecule has 0 aliphatic carbocycles. The van der Waals surface area contributed by atoms with E-state index in [1.54, 1.807) is 0 Å². The van der Waals surface area contributed by atoms with E-state index in [0.29, 0.717) is 0 Å². The van der Waals surface area contributed by atoms with Gasteiger partial charge >= 0.3 is 0 Å². The molecule has 1 aliphatic heterocycles. The average molecular weight is 141 g/mol. The van der Waals surface area contributed by atoms with E-state index in [1.165, 1.54) is 38.9 Å². The molecule has 0 amide bonds. The van der Waals surface area contributed by atoms with Crippen molar-refractivity contribution in [2.45, 2.75) is 33.1 Å². The van der Waals surface area contributed by atoms with Gasteiger partial charge < -0.3 is 4.90 Å². The van der Waals surface area contributed by atoms with Gasteiger partial charge in [-0.1, -0.05) is 20.3 Å². The zero-order valence-electron chi connectivity index (χ0n) is 7.27. The summed E-state index contributed by atoms with van der Waals surface area (Å²) in [6.07, 6.45) is 4.26. The van der Waals surface area contributed by atoms with Crippen LogP contribution in [0, 0.1) is 5.92 Å². The Bertz CT molecular complexity index is 70.7. The van der Waals surface area contributed by atoms with E-state index in [0.717, 1.165) is 5.92 Å². The molecular formula is C9H19N. The van der Waals surface area contributed by atoms with Gasteiger partial charge in [0.1, 0.15) is 0 Å². The van der Waals surface area contributed by atoms with Gasteiger partial charge in [0.2, 0.25) is 0 Å². The lowest BCUT2D eigenvalue weighted by Crippen LogP contribution is -2.33. The molecule has 1 nitrogen and oxygen atoms in total. The van der Waals surface area contributed by atoms with Gasteiger partial charge in [-0.25, -0.2) is 0 Å². The van der Waals surface area contributed by atoms with Crippen LogP contribution in [0.3, 0.4) is 0 Å². The van der Waals surface area contributed by atoms with Crippen LogP contribution in [-0.2, 0) is 0 Å². The Labute approximate surface area is 64.4 Å². The zero-order valence-corrected chi connectivity index (χ0v) is 7.27. The second-order valence-electron chi connectivity index (χ2n) is 3.29. The van der Waals surface area contributed by atoms with Gasteiger partial charge in [0, 0.05) is 0 Å². The summed E-state index contributed by atoms with van der Waals surface area (Å²) in [4.78, 5) is 2.55. The quantitative estimate of drug-likeness (QED) is 0.569. The molecule has 0 atom stereocenters. The minimum absolute atomic E-state index is 1.03. The third-order valence-corrected chi connectivity index (χ3v) is 2.73. The molecule has 0 N–H and O–H groups in total. The van der Waals surface area contributed by atoms with E-state index in [2.05, 4.69) is 18.7 Å². The Morgan fingerprint density at radius 3 is 2.20 bits per heavy atom. The highest BCUT2D eigenvalue weighted by Crippen LogP contribution is 2.19. The van der Waals surface area contributed by atoms with Crippen LogP contribution in [0.5, 0.6) is 0 Å². The summed E-state index contributed by atoms with van der Waals surface area (Å²) in [5.41, 5.74) is 0. The summed E-state index contributed by atoms with van der Waals surface area (Å²) >= 11 is 0. The van der Waals surface area contributed by atoms with Crippen molar-refractivity contribution in [1.29, 1.82) is 0 Å². The minimum Gasteiger partial charge on any atom is -0.304 e. The van der Waals surface area contributed by atoms with Gasteiger partial charge in [-0.2, -0.15) is 0 Å². The maximum Gasteiger partial charge on any atom is -0.00162 e. The topological polar surface area (TPSA) is 3.24 Å². The first-order valence-corrected chi connectivity index (χ1v) is 4.59. The summed E-state index contributed by atoms with van der Waals surface area (Å²) in [6.45, 7) is 8.50. The number of likely N-dealkylation sites (tertiary alicyclic amines) is 1. The van der Waals surface area contributed by atoms with E-state index in [4.69, 9.17) is 0 Å². The van der Waals surface area contributed by atoms with Gasteiger partial charge in [-0.05, 0) is 38.4 Å². The van der Waals surface area contributed by atoms with Crippen molar-refractivity contribution in [2.75, 3.05) is 19.6 Å². The maximum absolute atomic E-state index is 2.55. The highest BCUT2D eigenvalue weighted by Gasteiger charge is 2.15. The summed E-state index contributed by atoms with van der Waals surface area (Å²) in [5, 5.41) is 0. The first kappa shape index (κ1) is 8.06. The number of hydrogen-bond donors (Lipinski definition) is 0. The summed E-state index contributed by atoms with van der Waals surface area (Å²) in [5.74, 6) is 1.03. The molecule has 60 valence electrons. The molecule has 0 saturated carbocycles. The molecule has 1 saturated heterocycles. The van der Waals surface area contributed by atoms with Crippen LogP contribution in [0.1, 0.15) is 33.1 Å². The largest absolute Gasteiger partial charge is 0.304 e. The second kappa shape index (κ2) is 3.97. The van der Waals surface area contributed by atoms with Gasteiger partial charge in [0.15, 0.2) is 0 Å². The van der Waals surface area contributed by atoms with Crippen LogP contribution in [-0.4, -0.2) is 24.5 Å². The standard InChI is InChI=1S/C9H19N/c1-3-9-5-7-10(4-2)8-6-9/h9H,3-8H2,1-2H3. The fourth-order valence-corrected chi connectivity index (χ4v) is 1.71. The molecule has 0 spiro atoms. The van der Waals surface area contributed by atoms with Crippen LogP contribution in [0.15, 0.2) is 0 Å². The maximum atomic E-state index is 2.55. The van der Waals surface area contributed by atoms with Crippen LogP contribution in [0.25, 0.3) is 0 Å². The smallest absolute Gasteiger partial charge is 0.00162 e. The lowest BCUT2D eigenvalue weighted by Gasteiger charge is -2.30. The lowest BCUT2D eigenvalue weighted by molar-refractivity contribution is 0.190.